The summed E-state index contributed by atoms with van der Waals surface area (Å²) in [6.07, 6.45) is 1.80. The van der Waals surface area contributed by atoms with Crippen LogP contribution in [0.15, 0.2) is 66.4 Å². The fourth-order valence-corrected chi connectivity index (χ4v) is 6.01. The van der Waals surface area contributed by atoms with E-state index in [4.69, 9.17) is 0 Å². The molecule has 10 nitrogen and oxygen atoms in total. The number of hydrogen-bond acceptors (Lipinski definition) is 8. The number of carbonyl (C=O) groups excluding carboxylic acids is 2. The van der Waals surface area contributed by atoms with Crippen molar-refractivity contribution in [2.75, 3.05) is 4.90 Å². The Hall–Kier alpha value is -4.90. The number of Topliss-reactive ketones (excluding diaryl/α,β-unsaturated/α-hetero) is 1. The number of ketones is 1. The molecule has 194 valence electrons. The number of aliphatic hydroxyl groups excluding tert-OH is 1. The lowest BCUT2D eigenvalue weighted by atomic mass is 9.96. The molecular formula is C28H21N5O5S. The van der Waals surface area contributed by atoms with Crippen LogP contribution >= 0.6 is 11.3 Å². The van der Waals surface area contributed by atoms with Crippen molar-refractivity contribution in [3.8, 4) is 0 Å². The van der Waals surface area contributed by atoms with E-state index in [0.29, 0.717) is 22.4 Å². The molecular weight excluding hydrogens is 518 g/mol. The van der Waals surface area contributed by atoms with Crippen LogP contribution in [0, 0.1) is 30.9 Å². The number of aromatic nitrogens is 3. The van der Waals surface area contributed by atoms with Gasteiger partial charge < -0.3 is 9.51 Å². The number of imidazole rings is 1. The number of nitro benzene ring substituents is 1. The predicted octanol–water partition coefficient (Wildman–Crippen LogP) is 5.40. The van der Waals surface area contributed by atoms with Crippen molar-refractivity contribution in [2.45, 2.75) is 26.8 Å². The number of aliphatic hydroxyl groups is 1. The summed E-state index contributed by atoms with van der Waals surface area (Å²) >= 11 is 1.25. The first-order chi connectivity index (χ1) is 18.7. The monoisotopic (exact) mass is 539 g/mol. The molecule has 4 heterocycles. The second-order valence-corrected chi connectivity index (χ2v) is 10.4. The highest BCUT2D eigenvalue weighted by Crippen LogP contribution is 2.44. The van der Waals surface area contributed by atoms with Crippen molar-refractivity contribution in [3.63, 3.8) is 0 Å². The normalized spacial score (nSPS) is 17.0. The van der Waals surface area contributed by atoms with Gasteiger partial charge in [0.25, 0.3) is 11.5 Å². The number of hydrogen-bond donors (Lipinski definition) is 1. The van der Waals surface area contributed by atoms with Crippen LogP contribution in [0.1, 0.15) is 34.1 Å². The maximum Gasteiger partial charge on any atom is 0.301 e. The largest absolute Gasteiger partial charge is 0.505 e. The average Bonchev–Trinajstić information content (AvgIpc) is 3.56. The molecule has 1 unspecified atom stereocenters. The third-order valence-corrected chi connectivity index (χ3v) is 7.93. The van der Waals surface area contributed by atoms with Crippen molar-refractivity contribution in [1.82, 2.24) is 14.4 Å². The van der Waals surface area contributed by atoms with E-state index in [-0.39, 0.29) is 22.1 Å². The number of carbonyl (C=O) groups is 2. The van der Waals surface area contributed by atoms with E-state index in [0.717, 1.165) is 15.8 Å². The number of aryl methyl sites for hydroxylation is 3. The first kappa shape index (κ1) is 24.4. The molecule has 2 aromatic carbocycles. The fraction of sp³-hybridized carbons (Fsp3) is 0.143. The topological polar surface area (TPSA) is 131 Å². The molecule has 1 saturated heterocycles. The number of amides is 1. The van der Waals surface area contributed by atoms with Crippen LogP contribution in [0.25, 0.3) is 21.6 Å². The molecule has 1 aliphatic rings. The summed E-state index contributed by atoms with van der Waals surface area (Å²) in [6, 6.07) is 13.9. The van der Waals surface area contributed by atoms with Gasteiger partial charge in [-0.15, -0.1) is 0 Å². The molecule has 5 aromatic rings. The molecule has 1 atom stereocenters. The van der Waals surface area contributed by atoms with Gasteiger partial charge in [0.05, 0.1) is 32.4 Å². The highest BCUT2D eigenvalue weighted by Gasteiger charge is 2.48. The predicted molar refractivity (Wildman–Crippen MR) is 147 cm³/mol. The minimum absolute atomic E-state index is 0.141. The van der Waals surface area contributed by atoms with Gasteiger partial charge in [-0.05, 0) is 67.8 Å². The summed E-state index contributed by atoms with van der Waals surface area (Å²) in [5, 5.41) is 23.1. The summed E-state index contributed by atoms with van der Waals surface area (Å²) in [7, 11) is 0. The Morgan fingerprint density at radius 1 is 1.05 bits per heavy atom. The fourth-order valence-electron chi connectivity index (χ4n) is 4.92. The SMILES string of the molecule is Cc1ccc2nc(N3C(=O)C(=O)/C(=C(/O)c4nc5c(C)cccn5c4C)C3c3ccc([N+](=O)[O-])cc3)sc2c1. The molecule has 0 aliphatic carbocycles. The number of non-ortho nitro benzene ring substituents is 1. The third kappa shape index (κ3) is 3.77. The summed E-state index contributed by atoms with van der Waals surface area (Å²) < 4.78 is 2.64. The first-order valence-corrected chi connectivity index (χ1v) is 12.8. The summed E-state index contributed by atoms with van der Waals surface area (Å²) in [6.45, 7) is 5.60. The van der Waals surface area contributed by atoms with Gasteiger partial charge in [-0.2, -0.15) is 0 Å². The lowest BCUT2D eigenvalue weighted by Crippen LogP contribution is -2.29. The van der Waals surface area contributed by atoms with E-state index in [2.05, 4.69) is 9.97 Å². The van der Waals surface area contributed by atoms with Crippen LogP contribution < -0.4 is 4.90 Å². The molecule has 1 aliphatic heterocycles. The number of fused-ring (bicyclic) bond motifs is 2. The smallest absolute Gasteiger partial charge is 0.301 e. The number of pyridine rings is 1. The lowest BCUT2D eigenvalue weighted by Gasteiger charge is -2.22. The van der Waals surface area contributed by atoms with E-state index in [9.17, 15) is 24.8 Å². The molecule has 6 rings (SSSR count). The summed E-state index contributed by atoms with van der Waals surface area (Å²) in [5.41, 5.74) is 4.04. The molecule has 1 fully saturated rings. The molecule has 3 aromatic heterocycles. The molecule has 0 radical (unpaired) electrons. The van der Waals surface area contributed by atoms with Gasteiger partial charge in [0.1, 0.15) is 11.3 Å². The molecule has 0 bridgehead atoms. The molecule has 0 spiro atoms. The van der Waals surface area contributed by atoms with Crippen molar-refractivity contribution in [1.29, 1.82) is 0 Å². The Morgan fingerprint density at radius 2 is 1.79 bits per heavy atom. The molecule has 1 N–H and O–H groups in total. The van der Waals surface area contributed by atoms with E-state index in [1.807, 2.05) is 44.2 Å². The number of nitrogens with zero attached hydrogens (tertiary/aromatic N) is 5. The van der Waals surface area contributed by atoms with E-state index in [1.165, 1.54) is 40.5 Å². The maximum atomic E-state index is 13.6. The zero-order chi connectivity index (χ0) is 27.6. The minimum Gasteiger partial charge on any atom is -0.505 e. The van der Waals surface area contributed by atoms with Gasteiger partial charge in [0.15, 0.2) is 10.9 Å². The highest BCUT2D eigenvalue weighted by atomic mass is 32.1. The standard InChI is InChI=1S/C28H21N5O5S/c1-14-6-11-19-20(13-14)39-28(29-19)32-23(17-7-9-18(10-8-17)33(37)38)21(25(35)27(32)36)24(34)22-16(3)31-12-4-5-15(2)26(31)30-22/h4-13,23,34H,1-3H3/b24-21+. The second kappa shape index (κ2) is 8.84. The summed E-state index contributed by atoms with van der Waals surface area (Å²) in [4.78, 5) is 48.3. The third-order valence-electron chi connectivity index (χ3n) is 6.91. The van der Waals surface area contributed by atoms with Crippen LogP contribution in [0.3, 0.4) is 0 Å². The number of nitro groups is 1. The van der Waals surface area contributed by atoms with Crippen LogP contribution in [-0.4, -0.2) is 36.1 Å². The Kier molecular flexibility index (Phi) is 5.54. The molecule has 11 heteroatoms. The van der Waals surface area contributed by atoms with Gasteiger partial charge in [0.2, 0.25) is 0 Å². The molecule has 0 saturated carbocycles. The quantitative estimate of drug-likeness (QED) is 0.106. The Balaban J connectivity index is 1.59. The number of benzene rings is 2. The Morgan fingerprint density at radius 3 is 2.49 bits per heavy atom. The maximum absolute atomic E-state index is 13.6. The van der Waals surface area contributed by atoms with Crippen LogP contribution in [-0.2, 0) is 9.59 Å². The van der Waals surface area contributed by atoms with Crippen LogP contribution in [0.5, 0.6) is 0 Å². The highest BCUT2D eigenvalue weighted by molar-refractivity contribution is 7.22. The summed E-state index contributed by atoms with van der Waals surface area (Å²) in [5.74, 6) is -2.16. The lowest BCUT2D eigenvalue weighted by molar-refractivity contribution is -0.384. The van der Waals surface area contributed by atoms with Crippen LogP contribution in [0.2, 0.25) is 0 Å². The van der Waals surface area contributed by atoms with Crippen molar-refractivity contribution < 1.29 is 19.6 Å². The zero-order valence-corrected chi connectivity index (χ0v) is 21.9. The van der Waals surface area contributed by atoms with Crippen LogP contribution in [0.4, 0.5) is 10.8 Å². The van der Waals surface area contributed by atoms with Crippen molar-refractivity contribution >= 4 is 55.5 Å². The van der Waals surface area contributed by atoms with E-state index >= 15 is 0 Å². The van der Waals surface area contributed by atoms with E-state index < -0.39 is 28.4 Å². The van der Waals surface area contributed by atoms with E-state index in [1.54, 1.807) is 17.5 Å². The first-order valence-electron chi connectivity index (χ1n) is 12.0. The number of anilines is 1. The molecule has 39 heavy (non-hydrogen) atoms. The van der Waals surface area contributed by atoms with Crippen molar-refractivity contribution in [3.05, 3.63) is 105 Å². The van der Waals surface area contributed by atoms with Gasteiger partial charge in [-0.1, -0.05) is 23.5 Å². The minimum atomic E-state index is -1.07. The van der Waals surface area contributed by atoms with Gasteiger partial charge >= 0.3 is 5.91 Å². The van der Waals surface area contributed by atoms with Gasteiger partial charge in [-0.25, -0.2) is 9.97 Å². The van der Waals surface area contributed by atoms with Crippen molar-refractivity contribution in [2.24, 2.45) is 0 Å². The zero-order valence-electron chi connectivity index (χ0n) is 21.1. The average molecular weight is 540 g/mol. The Labute approximate surface area is 225 Å². The van der Waals surface area contributed by atoms with Gasteiger partial charge in [0, 0.05) is 18.3 Å². The Bertz CT molecular complexity index is 1890. The van der Waals surface area contributed by atoms with Gasteiger partial charge in [-0.3, -0.25) is 24.6 Å². The number of thiazole rings is 1. The second-order valence-electron chi connectivity index (χ2n) is 9.42. The number of rotatable bonds is 4. The molecule has 1 amide bonds.